The van der Waals surface area contributed by atoms with Crippen molar-refractivity contribution in [3.05, 3.63) is 286 Å². The lowest BCUT2D eigenvalue weighted by atomic mass is 9.51. The van der Waals surface area contributed by atoms with Crippen molar-refractivity contribution < 1.29 is 4.74 Å². The predicted octanol–water partition coefficient (Wildman–Crippen LogP) is 13.0. The van der Waals surface area contributed by atoms with E-state index < -0.39 is 10.8 Å². The van der Waals surface area contributed by atoms with Gasteiger partial charge in [-0.2, -0.15) is 0 Å². The van der Waals surface area contributed by atoms with Crippen molar-refractivity contribution in [2.24, 2.45) is 4.99 Å². The van der Waals surface area contributed by atoms with Crippen LogP contribution in [0.25, 0.3) is 28.0 Å². The van der Waals surface area contributed by atoms with Gasteiger partial charge in [-0.3, -0.25) is 9.98 Å². The van der Waals surface area contributed by atoms with Crippen molar-refractivity contribution in [1.82, 2.24) is 10.3 Å². The molecule has 1 aromatic heterocycles. The Morgan fingerprint density at radius 2 is 0.905 bits per heavy atom. The van der Waals surface area contributed by atoms with Gasteiger partial charge in [-0.25, -0.2) is 0 Å². The van der Waals surface area contributed by atoms with Crippen LogP contribution in [0.2, 0.25) is 0 Å². The van der Waals surface area contributed by atoms with Crippen LogP contribution in [0, 0.1) is 0 Å². The fraction of sp³-hybridized carbons (Fsp3) is 0.0508. The molecule has 296 valence electrons. The van der Waals surface area contributed by atoms with Gasteiger partial charge in [-0.05, 0) is 97.6 Å². The van der Waals surface area contributed by atoms with Crippen LogP contribution in [0.15, 0.2) is 230 Å². The summed E-state index contributed by atoms with van der Waals surface area (Å²) in [6, 6.07) is 76.9. The molecular formula is C59H39N3O. The van der Waals surface area contributed by atoms with Gasteiger partial charge in [0.25, 0.3) is 0 Å². The zero-order valence-electron chi connectivity index (χ0n) is 34.2. The predicted molar refractivity (Wildman–Crippen MR) is 252 cm³/mol. The number of nitrogens with zero attached hydrogens (tertiary/aromatic N) is 2. The van der Waals surface area contributed by atoms with Gasteiger partial charge < -0.3 is 10.1 Å². The summed E-state index contributed by atoms with van der Waals surface area (Å²) < 4.78 is 6.71. The Morgan fingerprint density at radius 1 is 0.397 bits per heavy atom. The molecule has 0 radical (unpaired) electrons. The van der Waals surface area contributed by atoms with Crippen LogP contribution >= 0.6 is 0 Å². The maximum absolute atomic E-state index is 6.71. The van der Waals surface area contributed by atoms with E-state index in [-0.39, 0.29) is 6.04 Å². The lowest BCUT2D eigenvalue weighted by Crippen LogP contribution is -2.45. The molecule has 8 aromatic carbocycles. The standard InChI is InChI=1S/C59H39N3O/c1-2-16-40(17-3-1)57-61-53(37-54(62-57)52-26-14-15-35-60-52)39-31-29-38(30-32-39)41-33-34-43-42-18-4-5-19-44(42)58(51(43)36-41)45-20-6-8-22-47(45)59(48-23-9-7-21-46(48)58)49-24-10-12-27-55(49)63-56-28-13-11-25-50(56)59/h1-37,54H,(H,61,62). The van der Waals surface area contributed by atoms with Crippen molar-refractivity contribution in [2.75, 3.05) is 0 Å². The van der Waals surface area contributed by atoms with Gasteiger partial charge in [0.1, 0.15) is 23.4 Å². The number of aliphatic imine (C=N–C) groups is 1. The van der Waals surface area contributed by atoms with Crippen LogP contribution in [0.3, 0.4) is 0 Å². The lowest BCUT2D eigenvalue weighted by Gasteiger charge is -2.51. The van der Waals surface area contributed by atoms with E-state index in [0.717, 1.165) is 56.5 Å². The molecule has 4 heteroatoms. The number of hydrogen-bond donors (Lipinski definition) is 1. The van der Waals surface area contributed by atoms with Crippen molar-refractivity contribution in [1.29, 1.82) is 0 Å². The Bertz CT molecular complexity index is 3250. The van der Waals surface area contributed by atoms with Crippen LogP contribution in [-0.4, -0.2) is 10.8 Å². The van der Waals surface area contributed by atoms with Crippen LogP contribution < -0.4 is 10.1 Å². The summed E-state index contributed by atoms with van der Waals surface area (Å²) in [5, 5.41) is 3.66. The molecule has 0 saturated carbocycles. The summed E-state index contributed by atoms with van der Waals surface area (Å²) in [6.45, 7) is 0. The summed E-state index contributed by atoms with van der Waals surface area (Å²) >= 11 is 0. The monoisotopic (exact) mass is 805 g/mol. The maximum Gasteiger partial charge on any atom is 0.133 e. The van der Waals surface area contributed by atoms with Gasteiger partial charge in [0.05, 0.1) is 16.5 Å². The first-order chi connectivity index (χ1) is 31.2. The summed E-state index contributed by atoms with van der Waals surface area (Å²) in [4.78, 5) is 9.78. The minimum Gasteiger partial charge on any atom is -0.457 e. The topological polar surface area (TPSA) is 46.5 Å². The van der Waals surface area contributed by atoms with Gasteiger partial charge in [0.2, 0.25) is 0 Å². The highest BCUT2D eigenvalue weighted by Gasteiger charge is 2.58. The van der Waals surface area contributed by atoms with E-state index in [2.05, 4.69) is 192 Å². The molecule has 4 aliphatic rings. The number of pyridine rings is 1. The van der Waals surface area contributed by atoms with E-state index in [1.807, 2.05) is 42.6 Å². The summed E-state index contributed by atoms with van der Waals surface area (Å²) in [7, 11) is 0. The molecule has 0 fully saturated rings. The minimum absolute atomic E-state index is 0.213. The second-order valence-electron chi connectivity index (χ2n) is 16.8. The van der Waals surface area contributed by atoms with E-state index in [1.165, 1.54) is 50.1 Å². The van der Waals surface area contributed by atoms with Gasteiger partial charge >= 0.3 is 0 Å². The smallest absolute Gasteiger partial charge is 0.133 e. The number of para-hydroxylation sites is 2. The molecule has 0 saturated heterocycles. The summed E-state index contributed by atoms with van der Waals surface area (Å²) in [6.07, 6.45) is 4.02. The number of hydrogen-bond acceptors (Lipinski definition) is 4. The second kappa shape index (κ2) is 13.7. The van der Waals surface area contributed by atoms with Crippen LogP contribution in [0.1, 0.15) is 67.4 Å². The fourth-order valence-electron chi connectivity index (χ4n) is 11.2. The molecule has 2 aliphatic heterocycles. The highest BCUT2D eigenvalue weighted by molar-refractivity contribution is 6.05. The van der Waals surface area contributed by atoms with Crippen molar-refractivity contribution in [3.63, 3.8) is 0 Å². The average Bonchev–Trinajstić information content (AvgIpc) is 3.65. The van der Waals surface area contributed by atoms with Crippen molar-refractivity contribution in [3.8, 4) is 33.8 Å². The van der Waals surface area contributed by atoms with Gasteiger partial charge in [-0.1, -0.05) is 182 Å². The fourth-order valence-corrected chi connectivity index (χ4v) is 11.2. The summed E-state index contributed by atoms with van der Waals surface area (Å²) in [5.74, 6) is 2.62. The number of rotatable bonds is 4. The maximum atomic E-state index is 6.71. The van der Waals surface area contributed by atoms with E-state index in [9.17, 15) is 0 Å². The Hall–Kier alpha value is -8.08. The Kier molecular flexibility index (Phi) is 7.76. The molecule has 1 N–H and O–H groups in total. The highest BCUT2D eigenvalue weighted by atomic mass is 16.5. The normalized spacial score (nSPS) is 16.5. The zero-order valence-corrected chi connectivity index (χ0v) is 34.2. The van der Waals surface area contributed by atoms with Gasteiger partial charge in [0.15, 0.2) is 0 Å². The van der Waals surface area contributed by atoms with Crippen molar-refractivity contribution >= 4 is 11.5 Å². The molecule has 4 nitrogen and oxygen atoms in total. The van der Waals surface area contributed by atoms with Crippen molar-refractivity contribution in [2.45, 2.75) is 16.9 Å². The zero-order chi connectivity index (χ0) is 41.5. The molecule has 13 rings (SSSR count). The molecule has 63 heavy (non-hydrogen) atoms. The first-order valence-corrected chi connectivity index (χ1v) is 21.7. The number of aromatic nitrogens is 1. The molecule has 0 amide bonds. The Labute approximate surface area is 366 Å². The largest absolute Gasteiger partial charge is 0.457 e. The Balaban J connectivity index is 0.983. The van der Waals surface area contributed by atoms with Gasteiger partial charge in [-0.15, -0.1) is 0 Å². The number of ether oxygens (including phenoxy) is 1. The SMILES string of the molecule is C1=C(c2ccc(-c3ccc4c(c3)C3(c5ccccc5-4)c4ccccc4C4(c5ccccc5Oc5ccccc54)c4ccccc43)cc2)NC(c2ccccc2)=NC1c1ccccn1. The van der Waals surface area contributed by atoms with E-state index in [0.29, 0.717) is 0 Å². The number of amidine groups is 1. The van der Waals surface area contributed by atoms with E-state index in [1.54, 1.807) is 0 Å². The number of benzene rings is 8. The molecule has 1 atom stereocenters. The quantitative estimate of drug-likeness (QED) is 0.193. The summed E-state index contributed by atoms with van der Waals surface area (Å²) in [5.41, 5.74) is 17.8. The minimum atomic E-state index is -0.600. The first-order valence-electron chi connectivity index (χ1n) is 21.7. The molecule has 3 heterocycles. The molecule has 9 aromatic rings. The van der Waals surface area contributed by atoms with Crippen LogP contribution in [-0.2, 0) is 10.8 Å². The number of fused-ring (bicyclic) bond motifs is 15. The van der Waals surface area contributed by atoms with Crippen LogP contribution in [0.4, 0.5) is 0 Å². The van der Waals surface area contributed by atoms with Crippen LogP contribution in [0.5, 0.6) is 11.5 Å². The Morgan fingerprint density at radius 3 is 1.54 bits per heavy atom. The number of nitrogens with one attached hydrogen (secondary N) is 1. The third kappa shape index (κ3) is 5.03. The molecule has 0 bridgehead atoms. The highest BCUT2D eigenvalue weighted by Crippen LogP contribution is 2.67. The average molecular weight is 806 g/mol. The second-order valence-corrected chi connectivity index (χ2v) is 16.8. The van der Waals surface area contributed by atoms with Gasteiger partial charge in [0, 0.05) is 28.6 Å². The molecule has 2 spiro atoms. The third-order valence-electron chi connectivity index (χ3n) is 13.7. The lowest BCUT2D eigenvalue weighted by molar-refractivity contribution is 0.429. The molecule has 2 aliphatic carbocycles. The molecule has 1 unspecified atom stereocenters. The first kappa shape index (κ1) is 35.7. The third-order valence-corrected chi connectivity index (χ3v) is 13.7. The van der Waals surface area contributed by atoms with E-state index >= 15 is 0 Å². The molecular weight excluding hydrogens is 767 g/mol. The van der Waals surface area contributed by atoms with E-state index in [4.69, 9.17) is 9.73 Å².